The van der Waals surface area contributed by atoms with Crippen LogP contribution in [0, 0.1) is 12.7 Å². The van der Waals surface area contributed by atoms with Crippen molar-refractivity contribution in [2.24, 2.45) is 0 Å². The number of halogens is 2. The minimum atomic E-state index is -1.18. The molecule has 156 valence electrons. The van der Waals surface area contributed by atoms with Crippen LogP contribution in [0.4, 0.5) is 4.39 Å². The molecule has 2 saturated heterocycles. The number of aliphatic hydroxyl groups is 2. The van der Waals surface area contributed by atoms with Gasteiger partial charge in [-0.05, 0) is 36.8 Å². The van der Waals surface area contributed by atoms with E-state index < -0.39 is 43.6 Å². The monoisotopic (exact) mass is 424 g/mol. The van der Waals surface area contributed by atoms with Gasteiger partial charge in [0.1, 0.15) is 30.2 Å². The van der Waals surface area contributed by atoms with Crippen LogP contribution in [0.15, 0.2) is 42.5 Å². The minimum Gasteiger partial charge on any atom is -0.394 e. The summed E-state index contributed by atoms with van der Waals surface area (Å²) >= 11 is 5.93. The van der Waals surface area contributed by atoms with Crippen molar-refractivity contribution in [3.63, 3.8) is 0 Å². The zero-order valence-corrected chi connectivity index (χ0v) is 16.5. The van der Waals surface area contributed by atoms with E-state index in [1.807, 2.05) is 0 Å². The molecule has 0 aliphatic carbocycles. The third-order valence-corrected chi connectivity index (χ3v) is 5.38. The first kappa shape index (κ1) is 20.7. The van der Waals surface area contributed by atoms with Gasteiger partial charge in [-0.3, -0.25) is 0 Å². The molecule has 6 nitrogen and oxygen atoms in total. The van der Waals surface area contributed by atoms with E-state index in [1.54, 1.807) is 43.3 Å². The lowest BCUT2D eigenvalue weighted by Crippen LogP contribution is -2.58. The summed E-state index contributed by atoms with van der Waals surface area (Å²) in [4.78, 5) is 0. The van der Waals surface area contributed by atoms with Crippen molar-refractivity contribution in [2.45, 2.75) is 43.9 Å². The summed E-state index contributed by atoms with van der Waals surface area (Å²) in [6, 6.07) is 11.6. The van der Waals surface area contributed by atoms with Crippen LogP contribution >= 0.6 is 11.6 Å². The van der Waals surface area contributed by atoms with Crippen LogP contribution in [0.2, 0.25) is 5.02 Å². The van der Waals surface area contributed by atoms with Crippen LogP contribution in [0.1, 0.15) is 29.3 Å². The van der Waals surface area contributed by atoms with E-state index in [2.05, 4.69) is 0 Å². The van der Waals surface area contributed by atoms with Gasteiger partial charge in [0.15, 0.2) is 12.6 Å². The predicted octanol–water partition coefficient (Wildman–Crippen LogP) is 3.04. The lowest BCUT2D eigenvalue weighted by Gasteiger charge is -2.47. The molecule has 0 spiro atoms. The van der Waals surface area contributed by atoms with E-state index in [0.29, 0.717) is 16.1 Å². The Hall–Kier alpha value is -1.58. The molecule has 2 unspecified atom stereocenters. The second kappa shape index (κ2) is 8.65. The molecule has 0 amide bonds. The van der Waals surface area contributed by atoms with Gasteiger partial charge in [-0.15, -0.1) is 0 Å². The van der Waals surface area contributed by atoms with Gasteiger partial charge in [-0.2, -0.15) is 0 Å². The fourth-order valence-electron chi connectivity index (χ4n) is 3.54. The van der Waals surface area contributed by atoms with Gasteiger partial charge in [-0.25, -0.2) is 4.39 Å². The van der Waals surface area contributed by atoms with E-state index in [0.717, 1.165) is 5.56 Å². The quantitative estimate of drug-likeness (QED) is 0.785. The molecule has 0 radical (unpaired) electrons. The van der Waals surface area contributed by atoms with Crippen molar-refractivity contribution in [2.75, 3.05) is 13.2 Å². The molecule has 2 fully saturated rings. The molecule has 4 rings (SSSR count). The SMILES string of the molecule is Cc1cc(C2O[C@H]([C@H](O)CO)[C@@H]3OC(c4ccc(Cl)cc4)OC[C@@H]3O2)ccc1F. The Balaban J connectivity index is 1.56. The Morgan fingerprint density at radius 2 is 1.79 bits per heavy atom. The van der Waals surface area contributed by atoms with Crippen LogP contribution < -0.4 is 0 Å². The first-order valence-corrected chi connectivity index (χ1v) is 9.72. The van der Waals surface area contributed by atoms with Crippen LogP contribution in [0.25, 0.3) is 0 Å². The van der Waals surface area contributed by atoms with Gasteiger partial charge in [0.05, 0.1) is 13.2 Å². The molecule has 8 heteroatoms. The zero-order valence-electron chi connectivity index (χ0n) is 15.7. The number of benzene rings is 2. The number of aliphatic hydroxyl groups excluding tert-OH is 2. The summed E-state index contributed by atoms with van der Waals surface area (Å²) in [6.45, 7) is 1.35. The first-order chi connectivity index (χ1) is 14.0. The van der Waals surface area contributed by atoms with Gasteiger partial charge >= 0.3 is 0 Å². The van der Waals surface area contributed by atoms with Gasteiger partial charge in [-0.1, -0.05) is 29.8 Å². The third kappa shape index (κ3) is 4.32. The second-order valence-corrected chi connectivity index (χ2v) is 7.62. The number of hydrogen-bond donors (Lipinski definition) is 2. The van der Waals surface area contributed by atoms with Crippen LogP contribution in [-0.2, 0) is 18.9 Å². The van der Waals surface area contributed by atoms with Crippen LogP contribution in [0.3, 0.4) is 0 Å². The maximum Gasteiger partial charge on any atom is 0.184 e. The molecular formula is C21H22ClFO6. The number of aryl methyl sites for hydroxylation is 1. The highest BCUT2D eigenvalue weighted by molar-refractivity contribution is 6.30. The van der Waals surface area contributed by atoms with E-state index in [4.69, 9.17) is 30.5 Å². The second-order valence-electron chi connectivity index (χ2n) is 7.18. The standard InChI is InChI=1S/C21H22ClFO6/c1-11-8-13(4-7-15(11)23)21-27-17-10-26-20(12-2-5-14(22)6-3-12)29-19(17)18(28-21)16(25)9-24/h2-8,16-21,24-25H,9-10H2,1H3/t16-,17+,18-,19-,20?,21?/m1/s1. The smallest absolute Gasteiger partial charge is 0.184 e. The van der Waals surface area contributed by atoms with E-state index in [-0.39, 0.29) is 12.4 Å². The van der Waals surface area contributed by atoms with Gasteiger partial charge in [0.2, 0.25) is 0 Å². The highest BCUT2D eigenvalue weighted by atomic mass is 35.5. The molecule has 0 aromatic heterocycles. The topological polar surface area (TPSA) is 77.4 Å². The molecule has 6 atom stereocenters. The summed E-state index contributed by atoms with van der Waals surface area (Å²) < 4.78 is 37.4. The molecule has 29 heavy (non-hydrogen) atoms. The van der Waals surface area contributed by atoms with Crippen LogP contribution in [0.5, 0.6) is 0 Å². The van der Waals surface area contributed by atoms with Gasteiger partial charge in [0.25, 0.3) is 0 Å². The normalized spacial score (nSPS) is 30.6. The fourth-order valence-corrected chi connectivity index (χ4v) is 3.67. The first-order valence-electron chi connectivity index (χ1n) is 9.34. The van der Waals surface area contributed by atoms with E-state index >= 15 is 0 Å². The predicted molar refractivity (Wildman–Crippen MR) is 102 cm³/mol. The summed E-state index contributed by atoms with van der Waals surface area (Å²) in [5.74, 6) is -0.329. The third-order valence-electron chi connectivity index (χ3n) is 5.12. The molecule has 2 aromatic carbocycles. The fraction of sp³-hybridized carbons (Fsp3) is 0.429. The molecule has 2 N–H and O–H groups in total. The molecule has 2 aliphatic heterocycles. The van der Waals surface area contributed by atoms with Crippen molar-refractivity contribution in [3.05, 3.63) is 70.0 Å². The molecule has 0 bridgehead atoms. The highest BCUT2D eigenvalue weighted by Gasteiger charge is 2.48. The molecule has 2 aliphatic rings. The lowest BCUT2D eigenvalue weighted by atomic mass is 9.99. The number of ether oxygens (including phenoxy) is 4. The van der Waals surface area contributed by atoms with Crippen molar-refractivity contribution in [1.29, 1.82) is 0 Å². The molecule has 2 heterocycles. The number of fused-ring (bicyclic) bond motifs is 1. The van der Waals surface area contributed by atoms with E-state index in [1.165, 1.54) is 6.07 Å². The Kier molecular flexibility index (Phi) is 6.17. The zero-order chi connectivity index (χ0) is 20.5. The average molecular weight is 425 g/mol. The van der Waals surface area contributed by atoms with Gasteiger partial charge in [0, 0.05) is 16.1 Å². The minimum absolute atomic E-state index is 0.201. The molecule has 0 saturated carbocycles. The maximum atomic E-state index is 13.6. The maximum absolute atomic E-state index is 13.6. The molecule has 2 aromatic rings. The summed E-state index contributed by atoms with van der Waals surface area (Å²) in [6.07, 6.45) is -4.76. The summed E-state index contributed by atoms with van der Waals surface area (Å²) in [5, 5.41) is 20.5. The highest BCUT2D eigenvalue weighted by Crippen LogP contribution is 2.39. The van der Waals surface area contributed by atoms with Crippen molar-refractivity contribution in [3.8, 4) is 0 Å². The van der Waals surface area contributed by atoms with Crippen molar-refractivity contribution in [1.82, 2.24) is 0 Å². The van der Waals surface area contributed by atoms with Crippen molar-refractivity contribution < 1.29 is 33.6 Å². The number of hydrogen-bond acceptors (Lipinski definition) is 6. The average Bonchev–Trinajstić information content (AvgIpc) is 2.74. The van der Waals surface area contributed by atoms with E-state index in [9.17, 15) is 14.6 Å². The Bertz CT molecular complexity index is 848. The molecular weight excluding hydrogens is 403 g/mol. The largest absolute Gasteiger partial charge is 0.394 e. The number of rotatable bonds is 4. The van der Waals surface area contributed by atoms with Crippen molar-refractivity contribution >= 4 is 11.6 Å². The Morgan fingerprint density at radius 1 is 1.07 bits per heavy atom. The van der Waals surface area contributed by atoms with Crippen LogP contribution in [-0.4, -0.2) is 47.8 Å². The summed E-state index contributed by atoms with van der Waals surface area (Å²) in [5.41, 5.74) is 1.83. The Labute approximate surface area is 172 Å². The van der Waals surface area contributed by atoms with Gasteiger partial charge < -0.3 is 29.2 Å². The lowest BCUT2D eigenvalue weighted by molar-refractivity contribution is -0.373. The summed E-state index contributed by atoms with van der Waals surface area (Å²) in [7, 11) is 0. The Morgan fingerprint density at radius 3 is 2.48 bits per heavy atom.